The minimum absolute atomic E-state index is 0.577. The summed E-state index contributed by atoms with van der Waals surface area (Å²) in [6.07, 6.45) is 6.30. The van der Waals surface area contributed by atoms with E-state index in [4.69, 9.17) is 5.73 Å². The molecule has 1 rings (SSSR count). The second kappa shape index (κ2) is 4.10. The topological polar surface area (TPSA) is 26.0 Å². The Morgan fingerprint density at radius 3 is 2.73 bits per heavy atom. The maximum absolute atomic E-state index is 5.69. The second-order valence-corrected chi connectivity index (χ2v) is 19.1. The van der Waals surface area contributed by atoms with Crippen molar-refractivity contribution in [1.29, 1.82) is 0 Å². The summed E-state index contributed by atoms with van der Waals surface area (Å²) in [5, 5.41) is 2.24. The Balaban J connectivity index is 2.84. The van der Waals surface area contributed by atoms with Crippen LogP contribution in [0.5, 0.6) is 0 Å². The minimum atomic E-state index is -0.641. The first-order chi connectivity index (χ1) is 5.06. The van der Waals surface area contributed by atoms with Gasteiger partial charge in [0.25, 0.3) is 0 Å². The predicted molar refractivity (Wildman–Crippen MR) is 74.3 cm³/mol. The first kappa shape index (κ1) is 10.5. The van der Waals surface area contributed by atoms with Crippen LogP contribution in [0.15, 0.2) is 23.3 Å². The molecule has 0 fully saturated rings. The maximum Gasteiger partial charge on any atom is 0.0746 e. The molecular formula is C6H9I2NS2. The van der Waals surface area contributed by atoms with E-state index in [1.165, 1.54) is 0 Å². The van der Waals surface area contributed by atoms with Gasteiger partial charge in [-0.3, -0.25) is 0 Å². The molecule has 5 heteroatoms. The Morgan fingerprint density at radius 1 is 1.64 bits per heavy atom. The van der Waals surface area contributed by atoms with Gasteiger partial charge in [-0.1, -0.05) is 4.37 Å². The lowest BCUT2D eigenvalue weighted by Gasteiger charge is -2.31. The fourth-order valence-electron chi connectivity index (χ4n) is 0.746. The normalized spacial score (nSPS) is 31.2. The molecule has 1 unspecified atom stereocenters. The van der Waals surface area contributed by atoms with E-state index >= 15 is 0 Å². The van der Waals surface area contributed by atoms with Crippen LogP contribution >= 0.6 is 58.5 Å². The monoisotopic (exact) mass is 413 g/mol. The van der Waals surface area contributed by atoms with Crippen molar-refractivity contribution in [3.63, 3.8) is 0 Å². The average molecular weight is 413 g/mol. The van der Waals surface area contributed by atoms with Crippen LogP contribution < -0.4 is 5.73 Å². The first-order valence-electron chi connectivity index (χ1n) is 2.96. The van der Waals surface area contributed by atoms with Crippen molar-refractivity contribution in [2.24, 2.45) is 5.73 Å². The van der Waals surface area contributed by atoms with Crippen molar-refractivity contribution in [2.45, 2.75) is 4.58 Å². The number of halogens is 2. The molecule has 0 aromatic rings. The Kier molecular flexibility index (Phi) is 3.92. The molecular weight excluding hydrogens is 404 g/mol. The zero-order chi connectivity index (χ0) is 8.48. The van der Waals surface area contributed by atoms with Crippen LogP contribution in [0, 0.1) is 0 Å². The molecule has 0 bridgehead atoms. The van der Waals surface area contributed by atoms with Gasteiger partial charge >= 0.3 is 0 Å². The number of hydrogen-bond acceptors (Lipinski definition) is 2. The fraction of sp³-hybridized carbons (Fsp3) is 0.333. The molecule has 1 aliphatic heterocycles. The van der Waals surface area contributed by atoms with E-state index in [9.17, 15) is 0 Å². The van der Waals surface area contributed by atoms with Crippen LogP contribution in [0.2, 0.25) is 0 Å². The van der Waals surface area contributed by atoms with Crippen LogP contribution in [0.4, 0.5) is 0 Å². The molecule has 0 aliphatic carbocycles. The molecule has 1 aliphatic rings. The Morgan fingerprint density at radius 2 is 2.27 bits per heavy atom. The Bertz CT molecular complexity index is 213. The summed E-state index contributed by atoms with van der Waals surface area (Å²) in [7, 11) is 0. The van der Waals surface area contributed by atoms with Crippen molar-refractivity contribution in [1.82, 2.24) is 0 Å². The van der Waals surface area contributed by atoms with Gasteiger partial charge < -0.3 is 5.73 Å². The average Bonchev–Trinajstić information content (AvgIpc) is 1.94. The van der Waals surface area contributed by atoms with Gasteiger partial charge in [0.15, 0.2) is 0 Å². The molecule has 2 N–H and O–H groups in total. The summed E-state index contributed by atoms with van der Waals surface area (Å²) < 4.78 is -0.0630. The van der Waals surface area contributed by atoms with Gasteiger partial charge in [-0.25, -0.2) is 0 Å². The lowest BCUT2D eigenvalue weighted by atomic mass is 10.4. The third kappa shape index (κ3) is 2.70. The summed E-state index contributed by atoms with van der Waals surface area (Å²) in [6.45, 7) is 0. The lowest BCUT2D eigenvalue weighted by molar-refractivity contribution is 1.37. The smallest absolute Gasteiger partial charge is 0.0746 e. The van der Waals surface area contributed by atoms with Crippen molar-refractivity contribution in [3.05, 3.63) is 23.3 Å². The van der Waals surface area contributed by atoms with Gasteiger partial charge in [-0.05, 0) is 66.2 Å². The number of allylic oxidation sites excluding steroid dienone is 1. The first-order valence-corrected chi connectivity index (χ1v) is 11.1. The van der Waals surface area contributed by atoms with Gasteiger partial charge in [-0.15, -0.1) is 11.8 Å². The molecule has 11 heavy (non-hydrogen) atoms. The molecule has 0 radical (unpaired) electrons. The minimum Gasteiger partial charge on any atom is -0.399 e. The van der Waals surface area contributed by atoms with E-state index in [1.54, 1.807) is 0 Å². The summed E-state index contributed by atoms with van der Waals surface area (Å²) >= 11 is 6.92. The maximum atomic E-state index is 5.69. The summed E-state index contributed by atoms with van der Waals surface area (Å²) in [4.78, 5) is 0. The molecule has 0 aromatic carbocycles. The molecule has 0 aromatic heterocycles. The van der Waals surface area contributed by atoms with Gasteiger partial charge in [0.05, 0.1) is 4.58 Å². The van der Waals surface area contributed by atoms with Gasteiger partial charge in [0.1, 0.15) is 0 Å². The van der Waals surface area contributed by atoms with Crippen LogP contribution in [-0.2, 0) is 0 Å². The molecule has 64 valence electrons. The summed E-state index contributed by atoms with van der Waals surface area (Å²) in [6, 6.07) is 0. The van der Waals surface area contributed by atoms with Gasteiger partial charge in [-0.2, -0.15) is 0 Å². The van der Waals surface area contributed by atoms with E-state index in [1.807, 2.05) is 17.8 Å². The Labute approximate surface area is 97.1 Å². The van der Waals surface area contributed by atoms with Gasteiger partial charge in [0, 0.05) is 5.70 Å². The highest BCUT2D eigenvalue weighted by Crippen LogP contribution is 2.72. The number of rotatable bonds is 1. The van der Waals surface area contributed by atoms with Crippen molar-refractivity contribution < 1.29 is 0 Å². The van der Waals surface area contributed by atoms with Crippen molar-refractivity contribution in [2.75, 3.05) is 6.26 Å². The zero-order valence-corrected chi connectivity index (χ0v) is 11.9. The van der Waals surface area contributed by atoms with Crippen molar-refractivity contribution in [3.8, 4) is 0 Å². The molecule has 1 atom stereocenters. The van der Waals surface area contributed by atoms with Crippen molar-refractivity contribution >= 4 is 58.5 Å². The summed E-state index contributed by atoms with van der Waals surface area (Å²) in [5.74, 6) is 0. The SMILES string of the molecule is CSC1C=C(N)C=CS1(I)I. The third-order valence-electron chi connectivity index (χ3n) is 1.31. The molecule has 1 heterocycles. The van der Waals surface area contributed by atoms with E-state index in [2.05, 4.69) is 60.2 Å². The van der Waals surface area contributed by atoms with Crippen LogP contribution in [0.1, 0.15) is 0 Å². The van der Waals surface area contributed by atoms with Crippen LogP contribution in [-0.4, -0.2) is 10.8 Å². The highest BCUT2D eigenvalue weighted by atomic mass is 127. The lowest BCUT2D eigenvalue weighted by Crippen LogP contribution is -2.07. The van der Waals surface area contributed by atoms with E-state index < -0.39 is 4.37 Å². The van der Waals surface area contributed by atoms with Gasteiger partial charge in [0.2, 0.25) is 0 Å². The highest BCUT2D eigenvalue weighted by Gasteiger charge is 2.25. The molecule has 0 saturated carbocycles. The zero-order valence-electron chi connectivity index (χ0n) is 5.96. The Hall–Kier alpha value is 1.44. The van der Waals surface area contributed by atoms with E-state index in [0.717, 1.165) is 5.70 Å². The fourth-order valence-corrected chi connectivity index (χ4v) is 8.59. The van der Waals surface area contributed by atoms with Crippen LogP contribution in [0.3, 0.4) is 0 Å². The molecule has 1 nitrogen and oxygen atoms in total. The van der Waals surface area contributed by atoms with E-state index in [0.29, 0.717) is 4.58 Å². The predicted octanol–water partition coefficient (Wildman–Crippen LogP) is 3.55. The molecule has 0 spiro atoms. The highest BCUT2D eigenvalue weighted by molar-refractivity contribution is 14.3. The molecule has 0 saturated heterocycles. The molecule has 0 amide bonds. The number of thioether (sulfide) groups is 1. The van der Waals surface area contributed by atoms with E-state index in [-0.39, 0.29) is 0 Å². The number of hydrogen-bond donors (Lipinski definition) is 1. The van der Waals surface area contributed by atoms with Crippen LogP contribution in [0.25, 0.3) is 0 Å². The quantitative estimate of drug-likeness (QED) is 0.666. The number of nitrogens with two attached hydrogens (primary N) is 1. The summed E-state index contributed by atoms with van der Waals surface area (Å²) in [5.41, 5.74) is 6.59. The third-order valence-corrected chi connectivity index (χ3v) is 11.8. The standard InChI is InChI=1S/C6H9I2NS2/c1-10-6-4-5(9)2-3-11(6,7)8/h2-4,6H,9H2,1H3. The second-order valence-electron chi connectivity index (χ2n) is 2.12. The largest absolute Gasteiger partial charge is 0.399 e.